The maximum Gasteiger partial charge on any atom is 0.323 e. The molecule has 0 bridgehead atoms. The third-order valence-electron chi connectivity index (χ3n) is 2.78. The van der Waals surface area contributed by atoms with E-state index in [4.69, 9.17) is 0 Å². The highest BCUT2D eigenvalue weighted by Crippen LogP contribution is 2.47. The molecule has 1 heterocycles. The monoisotopic (exact) mass is 220 g/mol. The molecule has 0 aromatic carbocycles. The summed E-state index contributed by atoms with van der Waals surface area (Å²) in [6.45, 7) is 1.47. The van der Waals surface area contributed by atoms with E-state index in [0.29, 0.717) is 0 Å². The summed E-state index contributed by atoms with van der Waals surface area (Å²) in [5.41, 5.74) is -0.350. The summed E-state index contributed by atoms with van der Waals surface area (Å²) in [6, 6.07) is 3.13. The van der Waals surface area contributed by atoms with Gasteiger partial charge in [-0.2, -0.15) is 0 Å². The van der Waals surface area contributed by atoms with E-state index in [1.807, 2.05) is 0 Å². The Bertz CT molecular complexity index is 469. The second-order valence-corrected chi connectivity index (χ2v) is 4.04. The van der Waals surface area contributed by atoms with Gasteiger partial charge in [0.2, 0.25) is 0 Å². The quantitative estimate of drug-likeness (QED) is 0.443. The van der Waals surface area contributed by atoms with Crippen LogP contribution in [0.2, 0.25) is 0 Å². The Morgan fingerprint density at radius 2 is 2.31 bits per heavy atom. The van der Waals surface area contributed by atoms with E-state index in [1.165, 1.54) is 19.1 Å². The van der Waals surface area contributed by atoms with Gasteiger partial charge < -0.3 is 10.1 Å². The van der Waals surface area contributed by atoms with Crippen LogP contribution in [0.4, 0.5) is 5.82 Å². The van der Waals surface area contributed by atoms with Gasteiger partial charge in [-0.1, -0.05) is 0 Å². The van der Waals surface area contributed by atoms with Gasteiger partial charge in [0.1, 0.15) is 5.54 Å². The summed E-state index contributed by atoms with van der Waals surface area (Å²) in [5.74, 6) is 0.0341. The second-order valence-electron chi connectivity index (χ2n) is 4.04. The molecule has 16 heavy (non-hydrogen) atoms. The van der Waals surface area contributed by atoms with Gasteiger partial charge in [0, 0.05) is 6.07 Å². The van der Waals surface area contributed by atoms with Crippen LogP contribution in [0.1, 0.15) is 19.8 Å². The van der Waals surface area contributed by atoms with E-state index in [2.05, 4.69) is 0 Å². The van der Waals surface area contributed by atoms with Crippen molar-refractivity contribution >= 4 is 11.6 Å². The van der Waals surface area contributed by atoms with Crippen LogP contribution in [0, 0.1) is 10.1 Å². The van der Waals surface area contributed by atoms with Crippen LogP contribution in [-0.2, 0) is 10.3 Å². The first-order valence-corrected chi connectivity index (χ1v) is 5.07. The van der Waals surface area contributed by atoms with Gasteiger partial charge in [-0.25, -0.2) is 4.57 Å². The molecule has 1 aromatic heterocycles. The molecule has 5 nitrogen and oxygen atoms in total. The molecular formula is C11H12N2O3. The topological polar surface area (TPSA) is 65.1 Å². The molecule has 0 aliphatic heterocycles. The van der Waals surface area contributed by atoms with Crippen LogP contribution in [0.25, 0.3) is 0 Å². The van der Waals surface area contributed by atoms with Crippen molar-refractivity contribution in [1.82, 2.24) is 4.57 Å². The predicted molar refractivity (Wildman–Crippen MR) is 58.1 cm³/mol. The molecular weight excluding hydrogens is 208 g/mol. The Balaban J connectivity index is 2.33. The van der Waals surface area contributed by atoms with Crippen molar-refractivity contribution in [2.45, 2.75) is 25.3 Å². The van der Waals surface area contributed by atoms with E-state index < -0.39 is 4.92 Å². The van der Waals surface area contributed by atoms with Crippen LogP contribution in [0.15, 0.2) is 30.5 Å². The van der Waals surface area contributed by atoms with Gasteiger partial charge in [0.05, 0.1) is 6.20 Å². The molecule has 0 spiro atoms. The second kappa shape index (κ2) is 3.59. The Hall–Kier alpha value is -1.91. The lowest BCUT2D eigenvalue weighted by atomic mass is 10.2. The zero-order valence-corrected chi connectivity index (χ0v) is 8.92. The molecule has 0 N–H and O–H groups in total. The molecule has 1 aromatic rings. The SMILES string of the molecule is CC(=O)/C=C/C1(n2cccc2[N+](=O)[O-])CC1. The van der Waals surface area contributed by atoms with Crippen molar-refractivity contribution in [1.29, 1.82) is 0 Å². The molecule has 1 aliphatic carbocycles. The summed E-state index contributed by atoms with van der Waals surface area (Å²) >= 11 is 0. The number of ketones is 1. The Morgan fingerprint density at radius 3 is 2.81 bits per heavy atom. The predicted octanol–water partition coefficient (Wildman–Crippen LogP) is 2.03. The first-order valence-electron chi connectivity index (χ1n) is 5.07. The lowest BCUT2D eigenvalue weighted by Gasteiger charge is -2.09. The smallest absolute Gasteiger partial charge is 0.323 e. The van der Waals surface area contributed by atoms with Crippen LogP contribution in [0.5, 0.6) is 0 Å². The highest BCUT2D eigenvalue weighted by atomic mass is 16.6. The number of carbonyl (C=O) groups excluding carboxylic acids is 1. The number of carbonyl (C=O) groups is 1. The summed E-state index contributed by atoms with van der Waals surface area (Å²) < 4.78 is 1.63. The highest BCUT2D eigenvalue weighted by Gasteiger charge is 2.48. The largest absolute Gasteiger partial charge is 0.358 e. The van der Waals surface area contributed by atoms with Gasteiger partial charge in [-0.15, -0.1) is 0 Å². The molecule has 2 rings (SSSR count). The molecule has 1 fully saturated rings. The van der Waals surface area contributed by atoms with Crippen molar-refractivity contribution in [2.75, 3.05) is 0 Å². The maximum atomic E-state index is 10.9. The third-order valence-corrected chi connectivity index (χ3v) is 2.78. The minimum absolute atomic E-state index is 0.0407. The minimum Gasteiger partial charge on any atom is -0.358 e. The molecule has 1 aliphatic rings. The lowest BCUT2D eigenvalue weighted by molar-refractivity contribution is -0.392. The summed E-state index contributed by atoms with van der Waals surface area (Å²) in [6.07, 6.45) is 6.62. The molecule has 0 unspecified atom stereocenters. The van der Waals surface area contributed by atoms with E-state index in [1.54, 1.807) is 22.9 Å². The summed E-state index contributed by atoms with van der Waals surface area (Å²) in [7, 11) is 0. The number of nitro groups is 1. The van der Waals surface area contributed by atoms with Crippen molar-refractivity contribution in [3.05, 3.63) is 40.6 Å². The molecule has 1 saturated carbocycles. The highest BCUT2D eigenvalue weighted by molar-refractivity contribution is 5.87. The fourth-order valence-electron chi connectivity index (χ4n) is 1.79. The van der Waals surface area contributed by atoms with Crippen LogP contribution in [-0.4, -0.2) is 15.3 Å². The average molecular weight is 220 g/mol. The standard InChI is InChI=1S/C11H12N2O3/c1-9(14)4-5-11(6-7-11)12-8-2-3-10(12)13(15)16/h2-5,8H,6-7H2,1H3/b5-4+. The number of hydrogen-bond donors (Lipinski definition) is 0. The molecule has 84 valence electrons. The van der Waals surface area contributed by atoms with Crippen molar-refractivity contribution in [3.8, 4) is 0 Å². The number of aromatic nitrogens is 1. The normalized spacial score (nSPS) is 17.6. The Morgan fingerprint density at radius 1 is 1.62 bits per heavy atom. The lowest BCUT2D eigenvalue weighted by Crippen LogP contribution is -2.15. The number of allylic oxidation sites excluding steroid dienone is 2. The minimum atomic E-state index is -0.401. The van der Waals surface area contributed by atoms with E-state index in [9.17, 15) is 14.9 Å². The summed E-state index contributed by atoms with van der Waals surface area (Å²) in [4.78, 5) is 21.3. The summed E-state index contributed by atoms with van der Waals surface area (Å²) in [5, 5.41) is 10.8. The number of nitrogens with zero attached hydrogens (tertiary/aromatic N) is 2. The van der Waals surface area contributed by atoms with Gasteiger partial charge in [0.25, 0.3) is 0 Å². The molecule has 0 saturated heterocycles. The average Bonchev–Trinajstić information content (AvgIpc) is 2.83. The van der Waals surface area contributed by atoms with Crippen molar-refractivity contribution < 1.29 is 9.72 Å². The first-order chi connectivity index (χ1) is 7.55. The van der Waals surface area contributed by atoms with Crippen molar-refractivity contribution in [2.24, 2.45) is 0 Å². The molecule has 5 heteroatoms. The molecule has 0 radical (unpaired) electrons. The Kier molecular flexibility index (Phi) is 2.38. The fourth-order valence-corrected chi connectivity index (χ4v) is 1.79. The number of hydrogen-bond acceptors (Lipinski definition) is 3. The van der Waals surface area contributed by atoms with Gasteiger partial charge in [-0.3, -0.25) is 4.79 Å². The zero-order chi connectivity index (χ0) is 11.8. The van der Waals surface area contributed by atoms with Crippen LogP contribution < -0.4 is 0 Å². The van der Waals surface area contributed by atoms with Crippen molar-refractivity contribution in [3.63, 3.8) is 0 Å². The molecule has 0 atom stereocenters. The van der Waals surface area contributed by atoms with Crippen LogP contribution >= 0.6 is 0 Å². The third kappa shape index (κ3) is 1.76. The fraction of sp³-hybridized carbons (Fsp3) is 0.364. The van der Waals surface area contributed by atoms with E-state index in [0.717, 1.165) is 12.8 Å². The maximum absolute atomic E-state index is 10.9. The Labute approximate surface area is 92.5 Å². The van der Waals surface area contributed by atoms with Gasteiger partial charge in [0.15, 0.2) is 5.78 Å². The van der Waals surface area contributed by atoms with Gasteiger partial charge in [-0.05, 0) is 42.9 Å². The van der Waals surface area contributed by atoms with Crippen LogP contribution in [0.3, 0.4) is 0 Å². The zero-order valence-electron chi connectivity index (χ0n) is 8.92. The first kappa shape index (κ1) is 10.6. The molecule has 0 amide bonds. The number of rotatable bonds is 4. The van der Waals surface area contributed by atoms with E-state index in [-0.39, 0.29) is 17.1 Å². The van der Waals surface area contributed by atoms with E-state index >= 15 is 0 Å². The van der Waals surface area contributed by atoms with Gasteiger partial charge >= 0.3 is 5.82 Å².